The van der Waals surface area contributed by atoms with Crippen LogP contribution < -0.4 is 5.73 Å². The normalized spacial score (nSPS) is 21.5. The molecule has 3 heteroatoms. The molecule has 2 heterocycles. The largest absolute Gasteiger partial charge is 0.325 e. The number of likely N-dealkylation sites (tertiary alicyclic amines) is 1. The predicted molar refractivity (Wildman–Crippen MR) is 65.8 cm³/mol. The number of aromatic nitrogens is 1. The minimum Gasteiger partial charge on any atom is -0.325 e. The maximum absolute atomic E-state index is 5.70. The van der Waals surface area contributed by atoms with Crippen molar-refractivity contribution >= 4 is 0 Å². The first-order valence-corrected chi connectivity index (χ1v) is 6.18. The zero-order chi connectivity index (χ0) is 11.4. The summed E-state index contributed by atoms with van der Waals surface area (Å²) in [4.78, 5) is 6.84. The minimum atomic E-state index is 0.543. The fraction of sp³-hybridized carbons (Fsp3) is 0.615. The predicted octanol–water partition coefficient (Wildman–Crippen LogP) is 1.77. The summed E-state index contributed by atoms with van der Waals surface area (Å²) in [7, 11) is 0. The van der Waals surface area contributed by atoms with Crippen molar-refractivity contribution in [2.45, 2.75) is 32.9 Å². The van der Waals surface area contributed by atoms with E-state index in [1.165, 1.54) is 31.5 Å². The van der Waals surface area contributed by atoms with Crippen LogP contribution in [0.3, 0.4) is 0 Å². The Morgan fingerprint density at radius 3 is 3.12 bits per heavy atom. The zero-order valence-electron chi connectivity index (χ0n) is 10.0. The van der Waals surface area contributed by atoms with Gasteiger partial charge in [0, 0.05) is 25.8 Å². The summed E-state index contributed by atoms with van der Waals surface area (Å²) < 4.78 is 0. The molecule has 1 aliphatic rings. The second kappa shape index (κ2) is 5.41. The van der Waals surface area contributed by atoms with Crippen molar-refractivity contribution in [2.24, 2.45) is 11.7 Å². The van der Waals surface area contributed by atoms with Crippen LogP contribution in [0.2, 0.25) is 0 Å². The number of hydrogen-bond acceptors (Lipinski definition) is 3. The van der Waals surface area contributed by atoms with Crippen LogP contribution >= 0.6 is 0 Å². The maximum Gasteiger partial charge on any atom is 0.0584 e. The molecule has 3 nitrogen and oxygen atoms in total. The highest BCUT2D eigenvalue weighted by atomic mass is 15.1. The summed E-state index contributed by atoms with van der Waals surface area (Å²) in [6.45, 7) is 6.29. The Bertz CT molecular complexity index is 338. The Morgan fingerprint density at radius 2 is 2.44 bits per heavy atom. The van der Waals surface area contributed by atoms with Gasteiger partial charge in [0.05, 0.1) is 5.69 Å². The second-order valence-corrected chi connectivity index (χ2v) is 4.61. The lowest BCUT2D eigenvalue weighted by molar-refractivity contribution is 0.313. The Balaban J connectivity index is 1.99. The van der Waals surface area contributed by atoms with Gasteiger partial charge in [-0.3, -0.25) is 9.88 Å². The van der Waals surface area contributed by atoms with E-state index in [2.05, 4.69) is 22.9 Å². The van der Waals surface area contributed by atoms with Gasteiger partial charge < -0.3 is 5.73 Å². The summed E-state index contributed by atoms with van der Waals surface area (Å²) in [5, 5.41) is 0. The molecule has 0 aromatic carbocycles. The van der Waals surface area contributed by atoms with E-state index in [9.17, 15) is 0 Å². The molecule has 0 radical (unpaired) electrons. The van der Waals surface area contributed by atoms with Gasteiger partial charge in [0.1, 0.15) is 0 Å². The highest BCUT2D eigenvalue weighted by molar-refractivity contribution is 5.19. The van der Waals surface area contributed by atoms with Gasteiger partial charge in [0.2, 0.25) is 0 Å². The van der Waals surface area contributed by atoms with Crippen molar-refractivity contribution in [3.05, 3.63) is 29.6 Å². The van der Waals surface area contributed by atoms with E-state index in [4.69, 9.17) is 5.73 Å². The summed E-state index contributed by atoms with van der Waals surface area (Å²) in [5.41, 5.74) is 8.03. The van der Waals surface area contributed by atoms with Gasteiger partial charge in [-0.15, -0.1) is 0 Å². The highest BCUT2D eigenvalue weighted by Crippen LogP contribution is 2.21. The molecular weight excluding hydrogens is 198 g/mol. The van der Waals surface area contributed by atoms with Crippen LogP contribution in [0.5, 0.6) is 0 Å². The number of pyridine rings is 1. The van der Waals surface area contributed by atoms with Crippen molar-refractivity contribution in [2.75, 3.05) is 13.1 Å². The van der Waals surface area contributed by atoms with E-state index in [1.54, 1.807) is 0 Å². The molecule has 1 unspecified atom stereocenters. The zero-order valence-corrected chi connectivity index (χ0v) is 10.0. The lowest BCUT2D eigenvalue weighted by Gasteiger charge is -2.17. The van der Waals surface area contributed by atoms with Crippen LogP contribution in [0.15, 0.2) is 18.3 Å². The van der Waals surface area contributed by atoms with E-state index < -0.39 is 0 Å². The molecule has 1 saturated heterocycles. The molecule has 2 N–H and O–H groups in total. The van der Waals surface area contributed by atoms with Crippen molar-refractivity contribution in [1.29, 1.82) is 0 Å². The van der Waals surface area contributed by atoms with Crippen molar-refractivity contribution in [1.82, 2.24) is 9.88 Å². The maximum atomic E-state index is 5.70. The van der Waals surface area contributed by atoms with Crippen LogP contribution in [0.1, 0.15) is 31.0 Å². The second-order valence-electron chi connectivity index (χ2n) is 4.61. The Morgan fingerprint density at radius 1 is 1.56 bits per heavy atom. The smallest absolute Gasteiger partial charge is 0.0584 e. The standard InChI is InChI=1S/C13H21N3/c1-2-11-5-7-16(9-11)10-12-4-3-6-15-13(12)8-14/h3-4,6,11H,2,5,7-10,14H2,1H3. The summed E-state index contributed by atoms with van der Waals surface area (Å²) in [6, 6.07) is 4.15. The molecular formula is C13H21N3. The van der Waals surface area contributed by atoms with Gasteiger partial charge in [-0.2, -0.15) is 0 Å². The number of nitrogens with two attached hydrogens (primary N) is 1. The third-order valence-electron chi connectivity index (χ3n) is 3.52. The van der Waals surface area contributed by atoms with Gasteiger partial charge >= 0.3 is 0 Å². The molecule has 0 spiro atoms. The quantitative estimate of drug-likeness (QED) is 0.839. The van der Waals surface area contributed by atoms with E-state index in [0.717, 1.165) is 18.2 Å². The van der Waals surface area contributed by atoms with E-state index in [0.29, 0.717) is 6.54 Å². The average molecular weight is 219 g/mol. The Kier molecular flexibility index (Phi) is 3.91. The highest BCUT2D eigenvalue weighted by Gasteiger charge is 2.21. The summed E-state index contributed by atoms with van der Waals surface area (Å²) in [5.74, 6) is 0.887. The lowest BCUT2D eigenvalue weighted by atomic mass is 10.1. The van der Waals surface area contributed by atoms with Crippen LogP contribution in [-0.4, -0.2) is 23.0 Å². The molecule has 88 valence electrons. The average Bonchev–Trinajstić information content (AvgIpc) is 2.77. The molecule has 2 rings (SSSR count). The van der Waals surface area contributed by atoms with Gasteiger partial charge in [-0.1, -0.05) is 19.4 Å². The van der Waals surface area contributed by atoms with E-state index in [1.807, 2.05) is 12.3 Å². The first kappa shape index (κ1) is 11.6. The topological polar surface area (TPSA) is 42.2 Å². The first-order valence-electron chi connectivity index (χ1n) is 6.18. The third-order valence-corrected chi connectivity index (χ3v) is 3.52. The molecule has 1 aromatic rings. The summed E-state index contributed by atoms with van der Waals surface area (Å²) >= 11 is 0. The molecule has 16 heavy (non-hydrogen) atoms. The van der Waals surface area contributed by atoms with Gasteiger partial charge in [-0.05, 0) is 30.5 Å². The Hall–Kier alpha value is -0.930. The number of nitrogens with zero attached hydrogens (tertiary/aromatic N) is 2. The first-order chi connectivity index (χ1) is 7.83. The van der Waals surface area contributed by atoms with E-state index in [-0.39, 0.29) is 0 Å². The van der Waals surface area contributed by atoms with Crippen LogP contribution in [0.25, 0.3) is 0 Å². The molecule has 0 bridgehead atoms. The van der Waals surface area contributed by atoms with Gasteiger partial charge in [0.25, 0.3) is 0 Å². The van der Waals surface area contributed by atoms with Gasteiger partial charge in [0.15, 0.2) is 0 Å². The fourth-order valence-electron chi connectivity index (χ4n) is 2.43. The molecule has 0 aliphatic carbocycles. The molecule has 1 aliphatic heterocycles. The molecule has 1 fully saturated rings. The SMILES string of the molecule is CCC1CCN(Cc2cccnc2CN)C1. The van der Waals surface area contributed by atoms with Crippen LogP contribution in [0, 0.1) is 5.92 Å². The van der Waals surface area contributed by atoms with Crippen molar-refractivity contribution < 1.29 is 0 Å². The van der Waals surface area contributed by atoms with Crippen LogP contribution in [-0.2, 0) is 13.1 Å². The van der Waals surface area contributed by atoms with Crippen LogP contribution in [0.4, 0.5) is 0 Å². The third kappa shape index (κ3) is 2.60. The number of rotatable bonds is 4. The molecule has 1 aromatic heterocycles. The van der Waals surface area contributed by atoms with Gasteiger partial charge in [-0.25, -0.2) is 0 Å². The summed E-state index contributed by atoms with van der Waals surface area (Å²) in [6.07, 6.45) is 4.46. The van der Waals surface area contributed by atoms with Crippen molar-refractivity contribution in [3.63, 3.8) is 0 Å². The van der Waals surface area contributed by atoms with E-state index >= 15 is 0 Å². The molecule has 0 saturated carbocycles. The fourth-order valence-corrected chi connectivity index (χ4v) is 2.43. The lowest BCUT2D eigenvalue weighted by Crippen LogP contribution is -2.21. The van der Waals surface area contributed by atoms with Crippen molar-refractivity contribution in [3.8, 4) is 0 Å². The number of hydrogen-bond donors (Lipinski definition) is 1. The molecule has 1 atom stereocenters. The molecule has 0 amide bonds. The minimum absolute atomic E-state index is 0.543. The Labute approximate surface area is 97.7 Å². The monoisotopic (exact) mass is 219 g/mol.